The van der Waals surface area contributed by atoms with Crippen LogP contribution in [-0.4, -0.2) is 8.07 Å². The molecule has 0 heterocycles. The SMILES string of the molecule is C=C(C1CCCCC1)[Si](CC)(CC)CC. The second-order valence-corrected chi connectivity index (χ2v) is 10.5. The smallest absolute Gasteiger partial charge is 0.0803 e. The predicted molar refractivity (Wildman–Crippen MR) is 72.9 cm³/mol. The zero-order valence-electron chi connectivity index (χ0n) is 10.9. The first-order chi connectivity index (χ1) is 7.20. The van der Waals surface area contributed by atoms with Crippen molar-refractivity contribution in [1.29, 1.82) is 0 Å². The molecule has 1 saturated carbocycles. The van der Waals surface area contributed by atoms with E-state index in [4.69, 9.17) is 0 Å². The second-order valence-electron chi connectivity index (χ2n) is 5.20. The summed E-state index contributed by atoms with van der Waals surface area (Å²) < 4.78 is 0. The first-order valence-electron chi connectivity index (χ1n) is 6.89. The third-order valence-corrected chi connectivity index (χ3v) is 10.6. The lowest BCUT2D eigenvalue weighted by Gasteiger charge is -2.37. The largest absolute Gasteiger partial charge is 0.103 e. The van der Waals surface area contributed by atoms with Crippen molar-refractivity contribution in [2.45, 2.75) is 71.0 Å². The number of hydrogen-bond acceptors (Lipinski definition) is 0. The van der Waals surface area contributed by atoms with E-state index in [0.29, 0.717) is 0 Å². The summed E-state index contributed by atoms with van der Waals surface area (Å²) >= 11 is 0. The summed E-state index contributed by atoms with van der Waals surface area (Å²) in [5.74, 6) is 0.894. The Morgan fingerprint density at radius 2 is 1.47 bits per heavy atom. The Labute approximate surface area is 97.2 Å². The molecule has 0 nitrogen and oxygen atoms in total. The minimum absolute atomic E-state index is 0.894. The molecule has 0 atom stereocenters. The van der Waals surface area contributed by atoms with Crippen LogP contribution >= 0.6 is 0 Å². The van der Waals surface area contributed by atoms with Crippen LogP contribution < -0.4 is 0 Å². The van der Waals surface area contributed by atoms with Crippen LogP contribution in [0.25, 0.3) is 0 Å². The first kappa shape index (κ1) is 13.0. The Morgan fingerprint density at radius 1 is 1.00 bits per heavy atom. The van der Waals surface area contributed by atoms with Gasteiger partial charge in [-0.25, -0.2) is 0 Å². The van der Waals surface area contributed by atoms with Crippen LogP contribution in [-0.2, 0) is 0 Å². The standard InChI is InChI=1S/C14H28Si/c1-5-15(6-2,7-3)13(4)14-11-9-8-10-12-14/h14H,4-12H2,1-3H3. The van der Waals surface area contributed by atoms with Crippen molar-refractivity contribution in [3.8, 4) is 0 Å². The summed E-state index contributed by atoms with van der Waals surface area (Å²) in [6, 6.07) is 4.24. The zero-order chi connectivity index (χ0) is 11.3. The van der Waals surface area contributed by atoms with Crippen LogP contribution in [0.15, 0.2) is 11.8 Å². The molecule has 15 heavy (non-hydrogen) atoms. The molecular weight excluding hydrogens is 196 g/mol. The van der Waals surface area contributed by atoms with Gasteiger partial charge in [0.25, 0.3) is 0 Å². The lowest BCUT2D eigenvalue weighted by atomic mass is 9.89. The van der Waals surface area contributed by atoms with Crippen molar-refractivity contribution < 1.29 is 0 Å². The Balaban J connectivity index is 2.70. The molecule has 0 spiro atoms. The van der Waals surface area contributed by atoms with Crippen molar-refractivity contribution in [2.75, 3.05) is 0 Å². The van der Waals surface area contributed by atoms with Gasteiger partial charge in [-0.3, -0.25) is 0 Å². The van der Waals surface area contributed by atoms with Crippen molar-refractivity contribution in [1.82, 2.24) is 0 Å². The molecule has 0 unspecified atom stereocenters. The summed E-state index contributed by atoms with van der Waals surface area (Å²) in [5, 5.41) is 1.72. The third kappa shape index (κ3) is 2.75. The highest BCUT2D eigenvalue weighted by molar-refractivity contribution is 6.86. The first-order valence-corrected chi connectivity index (χ1v) is 9.51. The van der Waals surface area contributed by atoms with E-state index in [1.54, 1.807) is 5.20 Å². The summed E-state index contributed by atoms with van der Waals surface area (Å²) in [7, 11) is -1.10. The number of hydrogen-bond donors (Lipinski definition) is 0. The average Bonchev–Trinajstić information content (AvgIpc) is 2.33. The van der Waals surface area contributed by atoms with E-state index >= 15 is 0 Å². The van der Waals surface area contributed by atoms with Gasteiger partial charge in [0.2, 0.25) is 0 Å². The average molecular weight is 224 g/mol. The van der Waals surface area contributed by atoms with Gasteiger partial charge in [-0.15, -0.1) is 6.58 Å². The molecule has 1 fully saturated rings. The molecule has 0 aromatic carbocycles. The third-order valence-electron chi connectivity index (χ3n) is 4.81. The highest BCUT2D eigenvalue weighted by atomic mass is 28.3. The number of allylic oxidation sites excluding steroid dienone is 1. The molecule has 1 aliphatic carbocycles. The topological polar surface area (TPSA) is 0 Å². The van der Waals surface area contributed by atoms with E-state index in [2.05, 4.69) is 27.4 Å². The van der Waals surface area contributed by atoms with Crippen LogP contribution in [0.3, 0.4) is 0 Å². The summed E-state index contributed by atoms with van der Waals surface area (Å²) in [6.07, 6.45) is 7.24. The maximum Gasteiger partial charge on any atom is 0.0803 e. The molecule has 1 rings (SSSR count). The van der Waals surface area contributed by atoms with Gasteiger partial charge in [-0.2, -0.15) is 0 Å². The summed E-state index contributed by atoms with van der Waals surface area (Å²) in [5.41, 5.74) is 0. The highest BCUT2D eigenvalue weighted by Crippen LogP contribution is 2.38. The Morgan fingerprint density at radius 3 is 1.87 bits per heavy atom. The van der Waals surface area contributed by atoms with Gasteiger partial charge in [0, 0.05) is 0 Å². The molecule has 1 heteroatoms. The van der Waals surface area contributed by atoms with Crippen molar-refractivity contribution in [2.24, 2.45) is 5.92 Å². The maximum atomic E-state index is 4.53. The molecule has 88 valence electrons. The molecule has 0 radical (unpaired) electrons. The second kappa shape index (κ2) is 5.88. The number of rotatable bonds is 5. The molecule has 0 N–H and O–H groups in total. The van der Waals surface area contributed by atoms with Crippen LogP contribution in [0.5, 0.6) is 0 Å². The van der Waals surface area contributed by atoms with Crippen molar-refractivity contribution >= 4 is 8.07 Å². The minimum atomic E-state index is -1.10. The summed E-state index contributed by atoms with van der Waals surface area (Å²) in [4.78, 5) is 0. The summed E-state index contributed by atoms with van der Waals surface area (Å²) in [6.45, 7) is 11.7. The zero-order valence-corrected chi connectivity index (χ0v) is 11.9. The van der Waals surface area contributed by atoms with Crippen LogP contribution in [0.2, 0.25) is 18.1 Å². The van der Waals surface area contributed by atoms with Gasteiger partial charge in [-0.1, -0.05) is 63.4 Å². The Kier molecular flexibility index (Phi) is 5.11. The van der Waals surface area contributed by atoms with Crippen molar-refractivity contribution in [3.05, 3.63) is 11.8 Å². The quantitative estimate of drug-likeness (QED) is 0.565. The highest BCUT2D eigenvalue weighted by Gasteiger charge is 2.34. The van der Waals surface area contributed by atoms with Crippen LogP contribution in [0.1, 0.15) is 52.9 Å². The van der Waals surface area contributed by atoms with Gasteiger partial charge in [0.15, 0.2) is 0 Å². The lowest BCUT2D eigenvalue weighted by molar-refractivity contribution is 0.411. The minimum Gasteiger partial charge on any atom is -0.103 e. The molecule has 0 saturated heterocycles. The molecular formula is C14H28Si. The molecule has 0 aromatic heterocycles. The van der Waals surface area contributed by atoms with E-state index < -0.39 is 8.07 Å². The van der Waals surface area contributed by atoms with Gasteiger partial charge < -0.3 is 0 Å². The van der Waals surface area contributed by atoms with Gasteiger partial charge in [-0.05, 0) is 18.8 Å². The maximum absolute atomic E-state index is 4.53. The Hall–Kier alpha value is -0.0431. The molecule has 0 aromatic rings. The molecule has 0 aliphatic heterocycles. The fraction of sp³-hybridized carbons (Fsp3) is 0.857. The van der Waals surface area contributed by atoms with E-state index in [1.165, 1.54) is 50.2 Å². The normalized spacial score (nSPS) is 19.1. The lowest BCUT2D eigenvalue weighted by Crippen LogP contribution is -2.38. The molecule has 0 amide bonds. The van der Waals surface area contributed by atoms with E-state index in [1.807, 2.05) is 0 Å². The molecule has 0 bridgehead atoms. The van der Waals surface area contributed by atoms with E-state index in [0.717, 1.165) is 5.92 Å². The van der Waals surface area contributed by atoms with Crippen LogP contribution in [0, 0.1) is 5.92 Å². The van der Waals surface area contributed by atoms with Crippen molar-refractivity contribution in [3.63, 3.8) is 0 Å². The van der Waals surface area contributed by atoms with Gasteiger partial charge in [0.1, 0.15) is 0 Å². The van der Waals surface area contributed by atoms with Crippen LogP contribution in [0.4, 0.5) is 0 Å². The Bertz CT molecular complexity index is 189. The monoisotopic (exact) mass is 224 g/mol. The van der Waals surface area contributed by atoms with Gasteiger partial charge >= 0.3 is 0 Å². The van der Waals surface area contributed by atoms with E-state index in [-0.39, 0.29) is 0 Å². The van der Waals surface area contributed by atoms with Gasteiger partial charge in [0.05, 0.1) is 8.07 Å². The fourth-order valence-electron chi connectivity index (χ4n) is 3.32. The predicted octanol–water partition coefficient (Wildman–Crippen LogP) is 5.17. The fourth-order valence-corrected chi connectivity index (χ4v) is 7.33. The van der Waals surface area contributed by atoms with E-state index in [9.17, 15) is 0 Å². The molecule has 1 aliphatic rings.